The summed E-state index contributed by atoms with van der Waals surface area (Å²) in [6.07, 6.45) is 7.36. The molecule has 0 aromatic heterocycles. The fraction of sp³-hybridized carbons (Fsp3) is 0.360. The molecule has 2 fully saturated rings. The zero-order valence-corrected chi connectivity index (χ0v) is 21.8. The number of thiocarbonyl (C=S) groups is 1. The van der Waals surface area contributed by atoms with Gasteiger partial charge in [-0.2, -0.15) is 0 Å². The van der Waals surface area contributed by atoms with Gasteiger partial charge in [-0.15, -0.1) is 0 Å². The van der Waals surface area contributed by atoms with E-state index >= 15 is 0 Å². The van der Waals surface area contributed by atoms with Crippen LogP contribution in [0, 0.1) is 0 Å². The van der Waals surface area contributed by atoms with E-state index in [0.717, 1.165) is 41.3 Å². The third-order valence-corrected chi connectivity index (χ3v) is 7.55. The molecule has 4 rings (SSSR count). The van der Waals surface area contributed by atoms with Gasteiger partial charge < -0.3 is 14.4 Å². The van der Waals surface area contributed by atoms with E-state index in [9.17, 15) is 4.79 Å². The fourth-order valence-electron chi connectivity index (χ4n) is 4.32. The zero-order chi connectivity index (χ0) is 23.5. The average molecular weight is 550 g/mol. The van der Waals surface area contributed by atoms with E-state index in [1.807, 2.05) is 49.5 Å². The second-order valence-electron chi connectivity index (χ2n) is 8.25. The number of amides is 1. The Morgan fingerprint density at radius 1 is 1.21 bits per heavy atom. The second-order valence-corrected chi connectivity index (χ2v) is 9.88. The van der Waals surface area contributed by atoms with Gasteiger partial charge in [0, 0.05) is 23.7 Å². The summed E-state index contributed by atoms with van der Waals surface area (Å²) in [5.74, 6) is 1.09. The maximum Gasteiger partial charge on any atom is 0.277 e. The normalized spacial score (nSPS) is 18.4. The second kappa shape index (κ2) is 10.5. The number of benzene rings is 2. The lowest BCUT2D eigenvalue weighted by Gasteiger charge is -2.30. The Balaban J connectivity index is 1.59. The van der Waals surface area contributed by atoms with Gasteiger partial charge in [0.1, 0.15) is 12.3 Å². The third-order valence-electron chi connectivity index (χ3n) is 6.12. The van der Waals surface area contributed by atoms with Crippen LogP contribution >= 0.6 is 39.7 Å². The van der Waals surface area contributed by atoms with Crippen LogP contribution in [0.25, 0.3) is 6.08 Å². The van der Waals surface area contributed by atoms with Gasteiger partial charge in [-0.3, -0.25) is 9.69 Å². The van der Waals surface area contributed by atoms with Gasteiger partial charge in [0.25, 0.3) is 5.91 Å². The standard InChI is InChI=1S/C25H26BrClN2O3S/c1-28-21(24(30)29(25(28)33)18-9-4-3-5-10-18)13-16-12-19(26)23(22(14-16)31-2)32-15-17-8-6-7-11-20(17)27/h6-8,11-14,18H,3-5,9-10,15H2,1-2H3/b21-13-. The number of halogens is 2. The molecule has 33 heavy (non-hydrogen) atoms. The molecule has 1 saturated carbocycles. The van der Waals surface area contributed by atoms with Crippen molar-refractivity contribution in [2.75, 3.05) is 14.2 Å². The highest BCUT2D eigenvalue weighted by molar-refractivity contribution is 9.10. The Bertz CT molecular complexity index is 1100. The molecule has 5 nitrogen and oxygen atoms in total. The van der Waals surface area contributed by atoms with E-state index in [0.29, 0.717) is 33.9 Å². The lowest BCUT2D eigenvalue weighted by molar-refractivity contribution is -0.124. The first-order chi connectivity index (χ1) is 15.9. The van der Waals surface area contributed by atoms with Crippen molar-refractivity contribution in [2.45, 2.75) is 44.8 Å². The molecule has 2 aliphatic rings. The van der Waals surface area contributed by atoms with Crippen LogP contribution in [0.15, 0.2) is 46.6 Å². The molecule has 1 aliphatic carbocycles. The summed E-state index contributed by atoms with van der Waals surface area (Å²) in [5, 5.41) is 1.22. The minimum absolute atomic E-state index is 0.0384. The smallest absolute Gasteiger partial charge is 0.277 e. The maximum atomic E-state index is 13.3. The molecule has 174 valence electrons. The molecule has 8 heteroatoms. The Labute approximate surface area is 213 Å². The van der Waals surface area contributed by atoms with Crippen LogP contribution in [0.1, 0.15) is 43.2 Å². The summed E-state index contributed by atoms with van der Waals surface area (Å²) in [6, 6.07) is 11.5. The number of carbonyl (C=O) groups is 1. The number of nitrogens with zero attached hydrogens (tertiary/aromatic N) is 2. The predicted octanol–water partition coefficient (Wildman–Crippen LogP) is 6.42. The summed E-state index contributed by atoms with van der Waals surface area (Å²) >= 11 is 15.5. The molecular formula is C25H26BrClN2O3S. The molecule has 1 amide bonds. The van der Waals surface area contributed by atoms with Crippen molar-refractivity contribution in [3.05, 3.63) is 62.7 Å². The highest BCUT2D eigenvalue weighted by Crippen LogP contribution is 2.39. The molecule has 0 radical (unpaired) electrons. The molecular weight excluding hydrogens is 524 g/mol. The van der Waals surface area contributed by atoms with E-state index in [1.165, 1.54) is 6.42 Å². The minimum Gasteiger partial charge on any atom is -0.493 e. The fourth-order valence-corrected chi connectivity index (χ4v) is 5.42. The van der Waals surface area contributed by atoms with Crippen LogP contribution < -0.4 is 9.47 Å². The van der Waals surface area contributed by atoms with Crippen LogP contribution in [0.3, 0.4) is 0 Å². The van der Waals surface area contributed by atoms with Crippen molar-refractivity contribution in [3.8, 4) is 11.5 Å². The Hall–Kier alpha value is -2.09. The first kappa shape index (κ1) is 24.0. The number of hydrogen-bond acceptors (Lipinski definition) is 4. The van der Waals surface area contributed by atoms with Gasteiger partial charge in [-0.25, -0.2) is 0 Å². The van der Waals surface area contributed by atoms with E-state index in [1.54, 1.807) is 16.9 Å². The first-order valence-corrected chi connectivity index (χ1v) is 12.5. The van der Waals surface area contributed by atoms with Gasteiger partial charge in [0.15, 0.2) is 16.6 Å². The number of hydrogen-bond donors (Lipinski definition) is 0. The summed E-state index contributed by atoms with van der Waals surface area (Å²) in [7, 11) is 3.44. The van der Waals surface area contributed by atoms with Crippen molar-refractivity contribution in [3.63, 3.8) is 0 Å². The number of carbonyl (C=O) groups excluding carboxylic acids is 1. The molecule has 1 saturated heterocycles. The van der Waals surface area contributed by atoms with Gasteiger partial charge in [-0.05, 0) is 70.8 Å². The molecule has 0 unspecified atom stereocenters. The van der Waals surface area contributed by atoms with E-state index in [-0.39, 0.29) is 11.9 Å². The lowest BCUT2D eigenvalue weighted by atomic mass is 9.94. The Morgan fingerprint density at radius 2 is 1.94 bits per heavy atom. The topological polar surface area (TPSA) is 42.0 Å². The molecule has 2 aromatic carbocycles. The quantitative estimate of drug-likeness (QED) is 0.307. The molecule has 2 aromatic rings. The Kier molecular flexibility index (Phi) is 7.62. The van der Waals surface area contributed by atoms with Gasteiger partial charge in [0.2, 0.25) is 0 Å². The van der Waals surface area contributed by atoms with E-state index in [2.05, 4.69) is 15.9 Å². The summed E-state index contributed by atoms with van der Waals surface area (Å²) < 4.78 is 12.3. The molecule has 0 atom stereocenters. The van der Waals surface area contributed by atoms with Crippen LogP contribution in [0.2, 0.25) is 5.02 Å². The Morgan fingerprint density at radius 3 is 2.64 bits per heavy atom. The van der Waals surface area contributed by atoms with E-state index in [4.69, 9.17) is 33.3 Å². The van der Waals surface area contributed by atoms with Crippen LogP contribution in [0.4, 0.5) is 0 Å². The average Bonchev–Trinajstić information content (AvgIpc) is 3.02. The SMILES string of the molecule is COc1cc(/C=C2/C(=O)N(C3CCCCC3)C(=S)N2C)cc(Br)c1OCc1ccccc1Cl. The minimum atomic E-state index is -0.0384. The van der Waals surface area contributed by atoms with Crippen molar-refractivity contribution >= 4 is 56.8 Å². The van der Waals surface area contributed by atoms with Crippen LogP contribution in [0.5, 0.6) is 11.5 Å². The predicted molar refractivity (Wildman–Crippen MR) is 139 cm³/mol. The molecule has 0 bridgehead atoms. The van der Waals surface area contributed by atoms with Crippen molar-refractivity contribution in [2.24, 2.45) is 0 Å². The molecule has 1 heterocycles. The van der Waals surface area contributed by atoms with Gasteiger partial charge in [-0.1, -0.05) is 49.1 Å². The van der Waals surface area contributed by atoms with Crippen molar-refractivity contribution in [1.29, 1.82) is 0 Å². The largest absolute Gasteiger partial charge is 0.493 e. The van der Waals surface area contributed by atoms with Crippen molar-refractivity contribution < 1.29 is 14.3 Å². The molecule has 0 spiro atoms. The zero-order valence-electron chi connectivity index (χ0n) is 18.6. The number of rotatable bonds is 6. The highest BCUT2D eigenvalue weighted by atomic mass is 79.9. The number of ether oxygens (including phenoxy) is 2. The van der Waals surface area contributed by atoms with Gasteiger partial charge >= 0.3 is 0 Å². The van der Waals surface area contributed by atoms with Gasteiger partial charge in [0.05, 0.1) is 11.6 Å². The lowest BCUT2D eigenvalue weighted by Crippen LogP contribution is -2.41. The van der Waals surface area contributed by atoms with Crippen LogP contribution in [-0.2, 0) is 11.4 Å². The highest BCUT2D eigenvalue weighted by Gasteiger charge is 2.40. The first-order valence-electron chi connectivity index (χ1n) is 11.0. The molecule has 1 aliphatic heterocycles. The summed E-state index contributed by atoms with van der Waals surface area (Å²) in [5.41, 5.74) is 2.25. The number of likely N-dealkylation sites (N-methyl/N-ethyl adjacent to an activating group) is 1. The molecule has 0 N–H and O–H groups in total. The third kappa shape index (κ3) is 5.05. The monoisotopic (exact) mass is 548 g/mol. The van der Waals surface area contributed by atoms with E-state index < -0.39 is 0 Å². The maximum absolute atomic E-state index is 13.3. The summed E-state index contributed by atoms with van der Waals surface area (Å²) in [6.45, 7) is 0.306. The van der Waals surface area contributed by atoms with Crippen LogP contribution in [-0.4, -0.2) is 41.0 Å². The number of methoxy groups -OCH3 is 1. The van der Waals surface area contributed by atoms with Crippen molar-refractivity contribution in [1.82, 2.24) is 9.80 Å². The summed E-state index contributed by atoms with van der Waals surface area (Å²) in [4.78, 5) is 16.9.